The molecule has 0 aromatic carbocycles. The minimum Gasteiger partial charge on any atom is -0.462 e. The number of fused-ring (bicyclic) bond motifs is 1. The molecule has 1 aliphatic rings. The Kier molecular flexibility index (Phi) is 3.45. The SMILES string of the molecule is O=C(COC(=O)c1c2c3oc1cc3C(=O)O2)OCCS(=O)(=O)O. The maximum absolute atomic E-state index is 11.9. The molecule has 11 heteroatoms. The van der Waals surface area contributed by atoms with Gasteiger partial charge >= 0.3 is 17.9 Å². The van der Waals surface area contributed by atoms with Crippen LogP contribution in [0, 0.1) is 0 Å². The molecule has 0 amide bonds. The smallest absolute Gasteiger partial charge is 0.347 e. The van der Waals surface area contributed by atoms with Crippen molar-refractivity contribution in [1.29, 1.82) is 0 Å². The van der Waals surface area contributed by atoms with E-state index in [1.807, 2.05) is 0 Å². The Labute approximate surface area is 128 Å². The fourth-order valence-corrected chi connectivity index (χ4v) is 2.29. The van der Waals surface area contributed by atoms with Gasteiger partial charge < -0.3 is 18.6 Å². The van der Waals surface area contributed by atoms with Crippen LogP contribution in [0.4, 0.5) is 0 Å². The number of hydrogen-bond acceptors (Lipinski definition) is 9. The third kappa shape index (κ3) is 2.83. The highest BCUT2D eigenvalue weighted by Gasteiger charge is 2.38. The van der Waals surface area contributed by atoms with Crippen LogP contribution in [0.15, 0.2) is 10.5 Å². The number of furan rings is 2. The number of carbonyl (C=O) groups excluding carboxylic acids is 3. The largest absolute Gasteiger partial charge is 0.462 e. The van der Waals surface area contributed by atoms with Crippen LogP contribution >= 0.6 is 0 Å². The van der Waals surface area contributed by atoms with Gasteiger partial charge in [-0.15, -0.1) is 0 Å². The Morgan fingerprint density at radius 1 is 1.26 bits per heavy atom. The third-order valence-electron chi connectivity index (χ3n) is 2.96. The van der Waals surface area contributed by atoms with E-state index in [-0.39, 0.29) is 28.0 Å². The summed E-state index contributed by atoms with van der Waals surface area (Å²) in [6.45, 7) is -1.36. The summed E-state index contributed by atoms with van der Waals surface area (Å²) in [5, 5.41) is 0. The van der Waals surface area contributed by atoms with Gasteiger partial charge in [-0.2, -0.15) is 8.42 Å². The van der Waals surface area contributed by atoms with Gasteiger partial charge in [0.2, 0.25) is 0 Å². The van der Waals surface area contributed by atoms with E-state index in [1.54, 1.807) is 0 Å². The first kappa shape index (κ1) is 15.2. The zero-order valence-corrected chi connectivity index (χ0v) is 12.0. The van der Waals surface area contributed by atoms with Crippen molar-refractivity contribution in [1.82, 2.24) is 0 Å². The molecule has 0 fully saturated rings. The minimum absolute atomic E-state index is 0.0489. The minimum atomic E-state index is -4.25. The van der Waals surface area contributed by atoms with E-state index >= 15 is 0 Å². The second-order valence-corrected chi connectivity index (χ2v) is 6.10. The van der Waals surface area contributed by atoms with Crippen molar-refractivity contribution in [2.45, 2.75) is 0 Å². The molecule has 122 valence electrons. The van der Waals surface area contributed by atoms with E-state index < -0.39 is 47.0 Å². The molecule has 2 aromatic rings. The molecular formula is C12H8O10S. The Bertz CT molecular complexity index is 906. The van der Waals surface area contributed by atoms with Crippen LogP contribution in [0.5, 0.6) is 5.75 Å². The third-order valence-corrected chi connectivity index (χ3v) is 3.64. The zero-order chi connectivity index (χ0) is 16.8. The summed E-state index contributed by atoms with van der Waals surface area (Å²) in [5.74, 6) is -3.42. The summed E-state index contributed by atoms with van der Waals surface area (Å²) < 4.78 is 48.5. The lowest BCUT2D eigenvalue weighted by Gasteiger charge is -2.05. The molecule has 0 unspecified atom stereocenters. The maximum atomic E-state index is 11.9. The maximum Gasteiger partial charge on any atom is 0.347 e. The molecular weight excluding hydrogens is 336 g/mol. The summed E-state index contributed by atoms with van der Waals surface area (Å²) in [5.41, 5.74) is 0.352. The summed E-state index contributed by atoms with van der Waals surface area (Å²) in [4.78, 5) is 34.6. The molecule has 2 aromatic heterocycles. The molecule has 1 aliphatic heterocycles. The lowest BCUT2D eigenvalue weighted by atomic mass is 10.1. The predicted octanol–water partition coefficient (Wildman–Crippen LogP) is -0.00900. The lowest BCUT2D eigenvalue weighted by Crippen LogP contribution is -2.20. The molecule has 2 bridgehead atoms. The fraction of sp³-hybridized carbons (Fsp3) is 0.250. The standard InChI is InChI=1S/C12H8O10S/c13-7(19-1-2-23(16,17)18)4-20-12(15)8-6-3-5-9(21-6)10(8)22-11(5)14/h3H,1-2,4H2,(H,16,17,18). The Morgan fingerprint density at radius 3 is 2.70 bits per heavy atom. The van der Waals surface area contributed by atoms with Gasteiger partial charge in [-0.1, -0.05) is 0 Å². The van der Waals surface area contributed by atoms with Gasteiger partial charge in [-0.05, 0) is 0 Å². The van der Waals surface area contributed by atoms with Crippen molar-refractivity contribution in [2.24, 2.45) is 0 Å². The van der Waals surface area contributed by atoms with Gasteiger partial charge in [0.15, 0.2) is 17.9 Å². The van der Waals surface area contributed by atoms with Crippen molar-refractivity contribution in [3.8, 4) is 5.75 Å². The van der Waals surface area contributed by atoms with E-state index in [4.69, 9.17) is 18.4 Å². The molecule has 0 saturated heterocycles. The van der Waals surface area contributed by atoms with Gasteiger partial charge in [0.25, 0.3) is 10.1 Å². The van der Waals surface area contributed by atoms with Gasteiger partial charge in [-0.3, -0.25) is 4.55 Å². The van der Waals surface area contributed by atoms with E-state index in [2.05, 4.69) is 4.74 Å². The Balaban J connectivity index is 1.56. The van der Waals surface area contributed by atoms with Crippen molar-refractivity contribution in [2.75, 3.05) is 19.0 Å². The van der Waals surface area contributed by atoms with Crippen LogP contribution in [0.2, 0.25) is 0 Å². The summed E-state index contributed by atoms with van der Waals surface area (Å²) in [6.07, 6.45) is 0. The van der Waals surface area contributed by atoms with Crippen LogP contribution in [-0.2, 0) is 24.4 Å². The van der Waals surface area contributed by atoms with E-state index in [9.17, 15) is 22.8 Å². The Hall–Kier alpha value is -2.66. The van der Waals surface area contributed by atoms with Crippen LogP contribution in [0.25, 0.3) is 11.2 Å². The summed E-state index contributed by atoms with van der Waals surface area (Å²) >= 11 is 0. The molecule has 0 saturated carbocycles. The number of ether oxygens (including phenoxy) is 3. The Morgan fingerprint density at radius 2 is 2.00 bits per heavy atom. The van der Waals surface area contributed by atoms with Crippen LogP contribution in [0.3, 0.4) is 0 Å². The first-order chi connectivity index (χ1) is 10.8. The molecule has 23 heavy (non-hydrogen) atoms. The van der Waals surface area contributed by atoms with Gasteiger partial charge in [-0.25, -0.2) is 14.4 Å². The number of benzene rings is 1. The van der Waals surface area contributed by atoms with Crippen molar-refractivity contribution >= 4 is 39.2 Å². The van der Waals surface area contributed by atoms with Crippen LogP contribution in [-0.4, -0.2) is 49.8 Å². The van der Waals surface area contributed by atoms with E-state index in [0.717, 1.165) is 0 Å². The zero-order valence-electron chi connectivity index (χ0n) is 11.2. The van der Waals surface area contributed by atoms with Crippen molar-refractivity contribution in [3.63, 3.8) is 0 Å². The van der Waals surface area contributed by atoms with Crippen molar-refractivity contribution < 1.29 is 46.0 Å². The molecule has 10 nitrogen and oxygen atoms in total. The highest BCUT2D eigenvalue weighted by Crippen LogP contribution is 2.43. The van der Waals surface area contributed by atoms with Crippen molar-refractivity contribution in [3.05, 3.63) is 17.2 Å². The molecule has 0 aliphatic carbocycles. The lowest BCUT2D eigenvalue weighted by molar-refractivity contribution is -0.146. The highest BCUT2D eigenvalue weighted by atomic mass is 32.2. The molecule has 3 heterocycles. The summed E-state index contributed by atoms with van der Waals surface area (Å²) in [7, 11) is -4.25. The number of esters is 3. The second-order valence-electron chi connectivity index (χ2n) is 4.53. The predicted molar refractivity (Wildman–Crippen MR) is 70.0 cm³/mol. The summed E-state index contributed by atoms with van der Waals surface area (Å²) in [6, 6.07) is 1.33. The number of rotatable bonds is 6. The fourth-order valence-electron chi connectivity index (χ4n) is 2.00. The number of hydrogen-bond donors (Lipinski definition) is 1. The monoisotopic (exact) mass is 344 g/mol. The van der Waals surface area contributed by atoms with Crippen LogP contribution in [0.1, 0.15) is 20.7 Å². The van der Waals surface area contributed by atoms with E-state index in [1.165, 1.54) is 6.07 Å². The molecule has 1 N–H and O–H groups in total. The first-order valence-corrected chi connectivity index (χ1v) is 7.76. The molecule has 0 atom stereocenters. The van der Waals surface area contributed by atoms with Gasteiger partial charge in [0.1, 0.15) is 29.1 Å². The second kappa shape index (κ2) is 5.21. The van der Waals surface area contributed by atoms with Gasteiger partial charge in [0.05, 0.1) is 0 Å². The number of carbonyl (C=O) groups is 3. The molecule has 3 rings (SSSR count). The van der Waals surface area contributed by atoms with E-state index in [0.29, 0.717) is 0 Å². The van der Waals surface area contributed by atoms with Gasteiger partial charge in [0, 0.05) is 6.07 Å². The topological polar surface area (TPSA) is 146 Å². The molecule has 0 spiro atoms. The normalized spacial score (nSPS) is 13.3. The first-order valence-electron chi connectivity index (χ1n) is 6.15. The highest BCUT2D eigenvalue weighted by molar-refractivity contribution is 7.85. The molecule has 0 radical (unpaired) electrons. The average molecular weight is 344 g/mol. The average Bonchev–Trinajstić information content (AvgIpc) is 3.05. The quantitative estimate of drug-likeness (QED) is 0.560. The van der Waals surface area contributed by atoms with Crippen LogP contribution < -0.4 is 4.74 Å².